The Morgan fingerprint density at radius 2 is 2.31 bits per heavy atom. The zero-order chi connectivity index (χ0) is 11.4. The van der Waals surface area contributed by atoms with Gasteiger partial charge in [0.1, 0.15) is 0 Å². The van der Waals surface area contributed by atoms with Gasteiger partial charge in [-0.2, -0.15) is 5.26 Å². The maximum absolute atomic E-state index is 9.17. The second-order valence-electron chi connectivity index (χ2n) is 3.78. The molecule has 0 bridgehead atoms. The standard InChI is InChI=1S/C12H15NO2S/c1-2-3-9(8-13)11-10(4-7-16-11)12-14-5-6-15-12/h4,7,9,12H,2-3,5-6H2,1H3. The van der Waals surface area contributed by atoms with E-state index in [1.54, 1.807) is 11.3 Å². The maximum atomic E-state index is 9.17. The molecule has 2 heterocycles. The molecule has 0 aromatic carbocycles. The minimum Gasteiger partial charge on any atom is -0.346 e. The molecule has 0 aliphatic carbocycles. The molecule has 86 valence electrons. The van der Waals surface area contributed by atoms with Crippen LogP contribution in [0.2, 0.25) is 0 Å². The lowest BCUT2D eigenvalue weighted by Gasteiger charge is -2.13. The SMILES string of the molecule is CCCC(C#N)c1sccc1C1OCCO1. The van der Waals surface area contributed by atoms with E-state index in [9.17, 15) is 5.26 Å². The summed E-state index contributed by atoms with van der Waals surface area (Å²) >= 11 is 1.63. The van der Waals surface area contributed by atoms with Crippen LogP contribution in [0.4, 0.5) is 0 Å². The Hall–Kier alpha value is -0.890. The lowest BCUT2D eigenvalue weighted by atomic mass is 10.0. The van der Waals surface area contributed by atoms with Gasteiger partial charge in [0, 0.05) is 10.4 Å². The number of rotatable bonds is 4. The molecule has 16 heavy (non-hydrogen) atoms. The number of ether oxygens (including phenoxy) is 2. The largest absolute Gasteiger partial charge is 0.346 e. The van der Waals surface area contributed by atoms with Gasteiger partial charge in [-0.05, 0) is 17.9 Å². The molecule has 4 heteroatoms. The fourth-order valence-electron chi connectivity index (χ4n) is 1.89. The van der Waals surface area contributed by atoms with E-state index in [4.69, 9.17) is 9.47 Å². The van der Waals surface area contributed by atoms with Crippen LogP contribution in [0.1, 0.15) is 42.4 Å². The van der Waals surface area contributed by atoms with Crippen molar-refractivity contribution in [3.05, 3.63) is 21.9 Å². The molecule has 1 aromatic rings. The number of hydrogen-bond acceptors (Lipinski definition) is 4. The van der Waals surface area contributed by atoms with Gasteiger partial charge in [0.2, 0.25) is 0 Å². The number of nitrogens with zero attached hydrogens (tertiary/aromatic N) is 1. The van der Waals surface area contributed by atoms with Crippen molar-refractivity contribution in [2.45, 2.75) is 32.0 Å². The van der Waals surface area contributed by atoms with Gasteiger partial charge in [-0.1, -0.05) is 13.3 Å². The van der Waals surface area contributed by atoms with Crippen molar-refractivity contribution >= 4 is 11.3 Å². The van der Waals surface area contributed by atoms with Crippen LogP contribution >= 0.6 is 11.3 Å². The van der Waals surface area contributed by atoms with E-state index in [1.807, 2.05) is 11.4 Å². The van der Waals surface area contributed by atoms with Gasteiger partial charge in [0.25, 0.3) is 0 Å². The highest BCUT2D eigenvalue weighted by Gasteiger charge is 2.25. The first-order valence-electron chi connectivity index (χ1n) is 5.57. The number of thiophene rings is 1. The Kier molecular flexibility index (Phi) is 3.94. The third-order valence-electron chi connectivity index (χ3n) is 2.65. The average molecular weight is 237 g/mol. The zero-order valence-corrected chi connectivity index (χ0v) is 10.1. The van der Waals surface area contributed by atoms with Crippen molar-refractivity contribution in [3.63, 3.8) is 0 Å². The third-order valence-corrected chi connectivity index (χ3v) is 3.70. The highest BCUT2D eigenvalue weighted by Crippen LogP contribution is 2.36. The predicted octanol–water partition coefficient (Wildman–Crippen LogP) is 3.20. The fraction of sp³-hybridized carbons (Fsp3) is 0.583. The Bertz CT molecular complexity index is 377. The van der Waals surface area contributed by atoms with Crippen LogP contribution in [0.5, 0.6) is 0 Å². The van der Waals surface area contributed by atoms with Crippen molar-refractivity contribution in [2.75, 3.05) is 13.2 Å². The second kappa shape index (κ2) is 5.44. The summed E-state index contributed by atoms with van der Waals surface area (Å²) < 4.78 is 11.0. The summed E-state index contributed by atoms with van der Waals surface area (Å²) in [5.41, 5.74) is 1.04. The minimum atomic E-state index is -0.256. The molecule has 2 rings (SSSR count). The van der Waals surface area contributed by atoms with Gasteiger partial charge in [-0.15, -0.1) is 11.3 Å². The normalized spacial score (nSPS) is 18.5. The van der Waals surface area contributed by atoms with Gasteiger partial charge in [0.15, 0.2) is 6.29 Å². The Morgan fingerprint density at radius 1 is 1.56 bits per heavy atom. The zero-order valence-electron chi connectivity index (χ0n) is 9.31. The van der Waals surface area contributed by atoms with Crippen LogP contribution in [-0.4, -0.2) is 13.2 Å². The molecule has 0 saturated carbocycles. The Labute approximate surface area is 99.6 Å². The van der Waals surface area contributed by atoms with Gasteiger partial charge in [-0.3, -0.25) is 0 Å². The summed E-state index contributed by atoms with van der Waals surface area (Å²) in [6.45, 7) is 3.39. The fourth-order valence-corrected chi connectivity index (χ4v) is 2.89. The van der Waals surface area contributed by atoms with Gasteiger partial charge in [-0.25, -0.2) is 0 Å². The lowest BCUT2D eigenvalue weighted by Crippen LogP contribution is -2.03. The molecule has 1 atom stereocenters. The molecular formula is C12H15NO2S. The first-order chi connectivity index (χ1) is 7.86. The quantitative estimate of drug-likeness (QED) is 0.807. The summed E-state index contributed by atoms with van der Waals surface area (Å²) in [6, 6.07) is 4.38. The Morgan fingerprint density at radius 3 is 2.94 bits per heavy atom. The molecule has 3 nitrogen and oxygen atoms in total. The Balaban J connectivity index is 2.20. The molecule has 0 amide bonds. The number of nitriles is 1. The van der Waals surface area contributed by atoms with E-state index in [-0.39, 0.29) is 12.2 Å². The van der Waals surface area contributed by atoms with Crippen LogP contribution in [-0.2, 0) is 9.47 Å². The third kappa shape index (κ3) is 2.27. The van der Waals surface area contributed by atoms with Crippen molar-refractivity contribution in [3.8, 4) is 6.07 Å². The average Bonchev–Trinajstić information content (AvgIpc) is 2.94. The molecule has 1 aliphatic heterocycles. The summed E-state index contributed by atoms with van der Waals surface area (Å²) in [7, 11) is 0. The van der Waals surface area contributed by atoms with Gasteiger partial charge >= 0.3 is 0 Å². The van der Waals surface area contributed by atoms with E-state index < -0.39 is 0 Å². The van der Waals surface area contributed by atoms with E-state index in [1.165, 1.54) is 0 Å². The summed E-state index contributed by atoms with van der Waals surface area (Å²) in [6.07, 6.45) is 1.66. The molecule has 1 unspecified atom stereocenters. The second-order valence-corrected chi connectivity index (χ2v) is 4.73. The summed E-state index contributed by atoms with van der Waals surface area (Å²) in [5.74, 6) is -0.0206. The topological polar surface area (TPSA) is 42.2 Å². The van der Waals surface area contributed by atoms with Gasteiger partial charge in [0.05, 0.1) is 25.2 Å². The minimum absolute atomic E-state index is 0.0206. The maximum Gasteiger partial charge on any atom is 0.185 e. The van der Waals surface area contributed by atoms with E-state index in [2.05, 4.69) is 13.0 Å². The molecular weight excluding hydrogens is 222 g/mol. The van der Waals surface area contributed by atoms with Crippen molar-refractivity contribution in [2.24, 2.45) is 0 Å². The summed E-state index contributed by atoms with van der Waals surface area (Å²) in [4.78, 5) is 1.11. The van der Waals surface area contributed by atoms with Crippen LogP contribution in [0, 0.1) is 11.3 Å². The highest BCUT2D eigenvalue weighted by molar-refractivity contribution is 7.10. The molecule has 0 N–H and O–H groups in total. The first kappa shape index (κ1) is 11.6. The summed E-state index contributed by atoms with van der Waals surface area (Å²) in [5, 5.41) is 11.2. The van der Waals surface area contributed by atoms with Crippen molar-refractivity contribution < 1.29 is 9.47 Å². The smallest absolute Gasteiger partial charge is 0.185 e. The molecule has 1 aliphatic rings. The van der Waals surface area contributed by atoms with Crippen LogP contribution in [0.15, 0.2) is 11.4 Å². The molecule has 0 radical (unpaired) electrons. The van der Waals surface area contributed by atoms with Crippen molar-refractivity contribution in [1.82, 2.24) is 0 Å². The molecule has 1 fully saturated rings. The van der Waals surface area contributed by atoms with Gasteiger partial charge < -0.3 is 9.47 Å². The molecule has 1 aromatic heterocycles. The van der Waals surface area contributed by atoms with Crippen molar-refractivity contribution in [1.29, 1.82) is 5.26 Å². The molecule has 0 spiro atoms. The monoisotopic (exact) mass is 237 g/mol. The van der Waals surface area contributed by atoms with E-state index >= 15 is 0 Å². The van der Waals surface area contributed by atoms with E-state index in [0.29, 0.717) is 13.2 Å². The first-order valence-corrected chi connectivity index (χ1v) is 6.45. The van der Waals surface area contributed by atoms with E-state index in [0.717, 1.165) is 23.3 Å². The van der Waals surface area contributed by atoms with Crippen LogP contribution < -0.4 is 0 Å². The van der Waals surface area contributed by atoms with Crippen LogP contribution in [0.3, 0.4) is 0 Å². The lowest BCUT2D eigenvalue weighted by molar-refractivity contribution is -0.0444. The predicted molar refractivity (Wildman–Crippen MR) is 62.2 cm³/mol. The number of hydrogen-bond donors (Lipinski definition) is 0. The van der Waals surface area contributed by atoms with Crippen LogP contribution in [0.25, 0.3) is 0 Å². The molecule has 1 saturated heterocycles. The highest BCUT2D eigenvalue weighted by atomic mass is 32.1.